The molecule has 0 bridgehead atoms. The average molecular weight is 344 g/mol. The van der Waals surface area contributed by atoms with Crippen molar-refractivity contribution in [1.29, 1.82) is 0 Å². The smallest absolute Gasteiger partial charge is 0.254 e. The molecule has 0 aromatic carbocycles. The van der Waals surface area contributed by atoms with Gasteiger partial charge in [0.05, 0.1) is 25.5 Å². The van der Waals surface area contributed by atoms with Crippen LogP contribution in [0, 0.1) is 0 Å². The predicted octanol–water partition coefficient (Wildman–Crippen LogP) is 0.528. The van der Waals surface area contributed by atoms with Crippen LogP contribution in [0.2, 0.25) is 0 Å². The molecule has 134 valence electrons. The van der Waals surface area contributed by atoms with Crippen molar-refractivity contribution in [3.05, 3.63) is 41.5 Å². The van der Waals surface area contributed by atoms with E-state index in [0.29, 0.717) is 31.9 Å². The second-order valence-electron chi connectivity index (χ2n) is 6.54. The van der Waals surface area contributed by atoms with Gasteiger partial charge in [-0.1, -0.05) is 5.21 Å². The van der Waals surface area contributed by atoms with Crippen LogP contribution in [0.4, 0.5) is 0 Å². The summed E-state index contributed by atoms with van der Waals surface area (Å²) in [4.78, 5) is 20.6. The highest BCUT2D eigenvalue weighted by Gasteiger charge is 2.32. The number of aryl methyl sites for hydroxylation is 1. The molecule has 0 spiro atoms. The Morgan fingerprint density at radius 2 is 2.12 bits per heavy atom. The summed E-state index contributed by atoms with van der Waals surface area (Å²) < 4.78 is 7.64. The maximum atomic E-state index is 12.8. The van der Waals surface area contributed by atoms with Gasteiger partial charge in [0.25, 0.3) is 5.91 Å². The van der Waals surface area contributed by atoms with Gasteiger partial charge in [-0.25, -0.2) is 0 Å². The molecule has 1 amide bonds. The fraction of sp³-hybridized carbons (Fsp3) is 0.529. The van der Waals surface area contributed by atoms with Gasteiger partial charge >= 0.3 is 0 Å². The van der Waals surface area contributed by atoms with Crippen LogP contribution in [-0.2, 0) is 18.3 Å². The number of nitrogens with zero attached hydrogens (tertiary/aromatic N) is 6. The highest BCUT2D eigenvalue weighted by atomic mass is 16.5. The van der Waals surface area contributed by atoms with E-state index in [4.69, 9.17) is 4.74 Å². The third-order valence-electron chi connectivity index (χ3n) is 4.33. The lowest BCUT2D eigenvalue weighted by Gasteiger charge is -2.32. The SMILES string of the molecule is CN(C)CCOCC1CN(C(=O)c2ccncc2)Cc2nnn(C)c21. The van der Waals surface area contributed by atoms with E-state index in [-0.39, 0.29) is 11.8 Å². The molecular weight excluding hydrogens is 320 g/mol. The minimum Gasteiger partial charge on any atom is -0.379 e. The van der Waals surface area contributed by atoms with Crippen molar-refractivity contribution >= 4 is 5.91 Å². The first-order valence-corrected chi connectivity index (χ1v) is 8.36. The van der Waals surface area contributed by atoms with Gasteiger partial charge in [0, 0.05) is 44.0 Å². The molecule has 0 radical (unpaired) electrons. The summed E-state index contributed by atoms with van der Waals surface area (Å²) in [5.41, 5.74) is 2.54. The van der Waals surface area contributed by atoms with Crippen molar-refractivity contribution in [1.82, 2.24) is 29.8 Å². The number of fused-ring (bicyclic) bond motifs is 1. The van der Waals surface area contributed by atoms with E-state index in [1.54, 1.807) is 29.2 Å². The van der Waals surface area contributed by atoms with E-state index in [0.717, 1.165) is 17.9 Å². The second kappa shape index (κ2) is 7.71. The first-order chi connectivity index (χ1) is 12.1. The number of likely N-dealkylation sites (N-methyl/N-ethyl adjacent to an activating group) is 1. The summed E-state index contributed by atoms with van der Waals surface area (Å²) in [6.45, 7) is 3.13. The van der Waals surface area contributed by atoms with Crippen LogP contribution in [0.3, 0.4) is 0 Å². The van der Waals surface area contributed by atoms with E-state index in [1.807, 2.05) is 26.0 Å². The normalized spacial score (nSPS) is 17.0. The largest absolute Gasteiger partial charge is 0.379 e. The predicted molar refractivity (Wildman–Crippen MR) is 92.1 cm³/mol. The number of carbonyl (C=O) groups excluding carboxylic acids is 1. The standard InChI is InChI=1S/C17H24N6O2/c1-21(2)8-9-25-12-14-10-23(11-15-16(14)22(3)20-19-15)17(24)13-4-6-18-7-5-13/h4-7,14H,8-12H2,1-3H3. The highest BCUT2D eigenvalue weighted by Crippen LogP contribution is 2.27. The monoisotopic (exact) mass is 344 g/mol. The second-order valence-corrected chi connectivity index (χ2v) is 6.54. The van der Waals surface area contributed by atoms with Crippen molar-refractivity contribution in [2.45, 2.75) is 12.5 Å². The Kier molecular flexibility index (Phi) is 5.40. The maximum absolute atomic E-state index is 12.8. The molecule has 3 heterocycles. The molecule has 0 N–H and O–H groups in total. The number of carbonyl (C=O) groups is 1. The van der Waals surface area contributed by atoms with Crippen LogP contribution < -0.4 is 0 Å². The molecule has 8 nitrogen and oxygen atoms in total. The summed E-state index contributed by atoms with van der Waals surface area (Å²) in [5.74, 6) is 0.0497. The Labute approximate surface area is 147 Å². The van der Waals surface area contributed by atoms with Crippen molar-refractivity contribution in [3.8, 4) is 0 Å². The number of rotatable bonds is 6. The fourth-order valence-corrected chi connectivity index (χ4v) is 3.05. The van der Waals surface area contributed by atoms with E-state index in [1.165, 1.54) is 0 Å². The number of hydrogen-bond acceptors (Lipinski definition) is 6. The van der Waals surface area contributed by atoms with Crippen LogP contribution in [0.25, 0.3) is 0 Å². The molecule has 2 aromatic rings. The fourth-order valence-electron chi connectivity index (χ4n) is 3.05. The highest BCUT2D eigenvalue weighted by molar-refractivity contribution is 5.94. The van der Waals surface area contributed by atoms with Gasteiger partial charge in [-0.15, -0.1) is 5.10 Å². The van der Waals surface area contributed by atoms with E-state index in [9.17, 15) is 4.79 Å². The van der Waals surface area contributed by atoms with Gasteiger partial charge < -0.3 is 14.5 Å². The summed E-state index contributed by atoms with van der Waals surface area (Å²) in [5, 5.41) is 8.36. The molecule has 1 atom stereocenters. The van der Waals surface area contributed by atoms with Crippen LogP contribution in [-0.4, -0.2) is 76.1 Å². The van der Waals surface area contributed by atoms with Gasteiger partial charge in [0.1, 0.15) is 5.69 Å². The number of amides is 1. The molecule has 0 fully saturated rings. The van der Waals surface area contributed by atoms with Crippen LogP contribution in [0.1, 0.15) is 27.7 Å². The molecule has 25 heavy (non-hydrogen) atoms. The third kappa shape index (κ3) is 4.02. The summed E-state index contributed by atoms with van der Waals surface area (Å²) in [7, 11) is 5.92. The molecule has 0 aliphatic carbocycles. The van der Waals surface area contributed by atoms with Crippen molar-refractivity contribution in [3.63, 3.8) is 0 Å². The Hall–Kier alpha value is -2.32. The molecule has 8 heteroatoms. The zero-order valence-corrected chi connectivity index (χ0v) is 14.9. The molecular formula is C17H24N6O2. The quantitative estimate of drug-likeness (QED) is 0.712. The topological polar surface area (TPSA) is 76.4 Å². The molecule has 1 unspecified atom stereocenters. The van der Waals surface area contributed by atoms with Crippen molar-refractivity contribution in [2.24, 2.45) is 7.05 Å². The minimum atomic E-state index is -0.0167. The summed E-state index contributed by atoms with van der Waals surface area (Å²) >= 11 is 0. The molecule has 3 rings (SSSR count). The van der Waals surface area contributed by atoms with Crippen molar-refractivity contribution in [2.75, 3.05) is 40.4 Å². The van der Waals surface area contributed by atoms with Crippen LogP contribution >= 0.6 is 0 Å². The lowest BCUT2D eigenvalue weighted by atomic mass is 9.98. The summed E-state index contributed by atoms with van der Waals surface area (Å²) in [6.07, 6.45) is 3.26. The van der Waals surface area contributed by atoms with Gasteiger partial charge in [-0.05, 0) is 26.2 Å². The molecule has 2 aromatic heterocycles. The molecule has 1 aliphatic heterocycles. The van der Waals surface area contributed by atoms with Crippen molar-refractivity contribution < 1.29 is 9.53 Å². The Bertz CT molecular complexity index is 715. The molecule has 0 saturated heterocycles. The number of aromatic nitrogens is 4. The first kappa shape index (κ1) is 17.5. The van der Waals surface area contributed by atoms with E-state index in [2.05, 4.69) is 20.2 Å². The lowest BCUT2D eigenvalue weighted by molar-refractivity contribution is 0.0613. The Morgan fingerprint density at radius 1 is 1.36 bits per heavy atom. The Balaban J connectivity index is 1.73. The average Bonchev–Trinajstić information content (AvgIpc) is 2.99. The lowest BCUT2D eigenvalue weighted by Crippen LogP contribution is -2.40. The summed E-state index contributed by atoms with van der Waals surface area (Å²) in [6, 6.07) is 3.47. The van der Waals surface area contributed by atoms with Gasteiger partial charge in [0.15, 0.2) is 0 Å². The zero-order chi connectivity index (χ0) is 17.8. The minimum absolute atomic E-state index is 0.0167. The van der Waals surface area contributed by atoms with Crippen LogP contribution in [0.5, 0.6) is 0 Å². The van der Waals surface area contributed by atoms with Gasteiger partial charge in [-0.3, -0.25) is 14.5 Å². The number of ether oxygens (including phenoxy) is 1. The third-order valence-corrected chi connectivity index (χ3v) is 4.33. The maximum Gasteiger partial charge on any atom is 0.254 e. The first-order valence-electron chi connectivity index (χ1n) is 8.36. The van der Waals surface area contributed by atoms with E-state index >= 15 is 0 Å². The number of pyridine rings is 1. The zero-order valence-electron chi connectivity index (χ0n) is 14.9. The Morgan fingerprint density at radius 3 is 2.84 bits per heavy atom. The van der Waals surface area contributed by atoms with Gasteiger partial charge in [-0.2, -0.15) is 0 Å². The van der Waals surface area contributed by atoms with E-state index < -0.39 is 0 Å². The molecule has 1 aliphatic rings. The van der Waals surface area contributed by atoms with Gasteiger partial charge in [0.2, 0.25) is 0 Å². The van der Waals surface area contributed by atoms with Crippen LogP contribution in [0.15, 0.2) is 24.5 Å². The molecule has 0 saturated carbocycles. The number of hydrogen-bond donors (Lipinski definition) is 0.